The molecular weight excluding hydrogens is 290 g/mol. The number of nitrogens with zero attached hydrogens (tertiary/aromatic N) is 4. The summed E-state index contributed by atoms with van der Waals surface area (Å²) >= 11 is 0. The fourth-order valence-electron chi connectivity index (χ4n) is 2.21. The molecule has 116 valence electrons. The van der Waals surface area contributed by atoms with E-state index in [2.05, 4.69) is 20.4 Å². The first kappa shape index (κ1) is 14.9. The Bertz CT molecular complexity index is 811. The summed E-state index contributed by atoms with van der Waals surface area (Å²) in [7, 11) is 0. The molecule has 0 saturated heterocycles. The van der Waals surface area contributed by atoms with Crippen LogP contribution in [0.15, 0.2) is 55.2 Å². The summed E-state index contributed by atoms with van der Waals surface area (Å²) in [5, 5.41) is 7.06. The Morgan fingerprint density at radius 3 is 2.65 bits per heavy atom. The van der Waals surface area contributed by atoms with E-state index in [0.717, 1.165) is 5.56 Å². The van der Waals surface area contributed by atoms with Crippen molar-refractivity contribution in [2.45, 2.75) is 19.9 Å². The minimum atomic E-state index is -0.257. The summed E-state index contributed by atoms with van der Waals surface area (Å²) in [4.78, 5) is 20.8. The standard InChI is InChI=1S/C17H17N5O/c1-12(2)22-10-14(8-20-22)21-17(23)15-9-18-11-19-16(15)13-6-4-3-5-7-13/h3-12H,1-2H3,(H,21,23). The molecule has 0 atom stereocenters. The SMILES string of the molecule is CC(C)n1cc(NC(=O)c2cncnc2-c2ccccc2)cn1. The van der Waals surface area contributed by atoms with E-state index in [-0.39, 0.29) is 11.9 Å². The van der Waals surface area contributed by atoms with Gasteiger partial charge in [0.1, 0.15) is 6.33 Å². The smallest absolute Gasteiger partial charge is 0.259 e. The van der Waals surface area contributed by atoms with Crippen LogP contribution in [0.2, 0.25) is 0 Å². The highest BCUT2D eigenvalue weighted by atomic mass is 16.1. The quantitative estimate of drug-likeness (QED) is 0.803. The van der Waals surface area contributed by atoms with Gasteiger partial charge in [0.2, 0.25) is 0 Å². The zero-order chi connectivity index (χ0) is 16.2. The van der Waals surface area contributed by atoms with Crippen molar-refractivity contribution < 1.29 is 4.79 Å². The van der Waals surface area contributed by atoms with Crippen LogP contribution in [0.1, 0.15) is 30.2 Å². The molecule has 0 spiro atoms. The lowest BCUT2D eigenvalue weighted by Crippen LogP contribution is -2.14. The second kappa shape index (κ2) is 6.39. The van der Waals surface area contributed by atoms with Gasteiger partial charge in [0.05, 0.1) is 23.1 Å². The van der Waals surface area contributed by atoms with Gasteiger partial charge in [0.25, 0.3) is 5.91 Å². The predicted molar refractivity (Wildman–Crippen MR) is 88.0 cm³/mol. The molecule has 2 heterocycles. The summed E-state index contributed by atoms with van der Waals surface area (Å²) in [5.74, 6) is -0.257. The van der Waals surface area contributed by atoms with Crippen molar-refractivity contribution >= 4 is 11.6 Å². The molecule has 0 saturated carbocycles. The molecule has 1 N–H and O–H groups in total. The average Bonchev–Trinajstić information content (AvgIpc) is 3.04. The Labute approximate surface area is 134 Å². The number of hydrogen-bond donors (Lipinski definition) is 1. The van der Waals surface area contributed by atoms with E-state index < -0.39 is 0 Å². The molecule has 0 fully saturated rings. The van der Waals surface area contributed by atoms with Crippen molar-refractivity contribution in [1.82, 2.24) is 19.7 Å². The molecule has 0 aliphatic carbocycles. The van der Waals surface area contributed by atoms with Crippen LogP contribution in [0, 0.1) is 0 Å². The van der Waals surface area contributed by atoms with E-state index in [9.17, 15) is 4.79 Å². The molecule has 0 aliphatic heterocycles. The van der Waals surface area contributed by atoms with E-state index in [4.69, 9.17) is 0 Å². The highest BCUT2D eigenvalue weighted by Crippen LogP contribution is 2.21. The second-order valence-corrected chi connectivity index (χ2v) is 5.41. The van der Waals surface area contributed by atoms with Crippen molar-refractivity contribution in [3.63, 3.8) is 0 Å². The number of rotatable bonds is 4. The summed E-state index contributed by atoms with van der Waals surface area (Å²) in [5.41, 5.74) is 2.55. The van der Waals surface area contributed by atoms with Crippen molar-refractivity contribution in [1.29, 1.82) is 0 Å². The maximum Gasteiger partial charge on any atom is 0.259 e. The number of carbonyl (C=O) groups is 1. The molecule has 3 aromatic rings. The van der Waals surface area contributed by atoms with Crippen LogP contribution < -0.4 is 5.32 Å². The third-order valence-corrected chi connectivity index (χ3v) is 3.39. The minimum Gasteiger partial charge on any atom is -0.319 e. The van der Waals surface area contributed by atoms with Gasteiger partial charge in [-0.2, -0.15) is 5.10 Å². The normalized spacial score (nSPS) is 10.7. The molecule has 3 rings (SSSR count). The largest absolute Gasteiger partial charge is 0.319 e. The molecule has 0 bridgehead atoms. The lowest BCUT2D eigenvalue weighted by Gasteiger charge is -2.08. The number of nitrogens with one attached hydrogen (secondary N) is 1. The zero-order valence-electron chi connectivity index (χ0n) is 13.0. The Kier molecular flexibility index (Phi) is 4.14. The van der Waals surface area contributed by atoms with E-state index >= 15 is 0 Å². The van der Waals surface area contributed by atoms with Gasteiger partial charge in [-0.3, -0.25) is 9.48 Å². The fourth-order valence-corrected chi connectivity index (χ4v) is 2.21. The molecule has 2 aromatic heterocycles. The second-order valence-electron chi connectivity index (χ2n) is 5.41. The van der Waals surface area contributed by atoms with Gasteiger partial charge < -0.3 is 5.32 Å². The van der Waals surface area contributed by atoms with Crippen LogP contribution in [-0.2, 0) is 0 Å². The molecule has 0 unspecified atom stereocenters. The van der Waals surface area contributed by atoms with Crippen LogP contribution in [0.3, 0.4) is 0 Å². The lowest BCUT2D eigenvalue weighted by molar-refractivity contribution is 0.102. The van der Waals surface area contributed by atoms with Gasteiger partial charge in [-0.25, -0.2) is 9.97 Å². The van der Waals surface area contributed by atoms with Crippen LogP contribution >= 0.6 is 0 Å². The lowest BCUT2D eigenvalue weighted by atomic mass is 10.1. The van der Waals surface area contributed by atoms with E-state index in [1.807, 2.05) is 44.2 Å². The van der Waals surface area contributed by atoms with E-state index in [1.54, 1.807) is 17.1 Å². The topological polar surface area (TPSA) is 72.7 Å². The van der Waals surface area contributed by atoms with Crippen LogP contribution in [0.25, 0.3) is 11.3 Å². The third kappa shape index (κ3) is 3.26. The number of carbonyl (C=O) groups excluding carboxylic acids is 1. The molecule has 0 aliphatic rings. The van der Waals surface area contributed by atoms with Crippen molar-refractivity contribution in [3.05, 3.63) is 60.8 Å². The zero-order valence-corrected chi connectivity index (χ0v) is 13.0. The number of benzene rings is 1. The molecule has 0 radical (unpaired) electrons. The van der Waals surface area contributed by atoms with E-state index in [1.165, 1.54) is 12.5 Å². The first-order chi connectivity index (χ1) is 11.1. The Hall–Kier alpha value is -3.02. The number of hydrogen-bond acceptors (Lipinski definition) is 4. The van der Waals surface area contributed by atoms with Gasteiger partial charge >= 0.3 is 0 Å². The van der Waals surface area contributed by atoms with E-state index in [0.29, 0.717) is 16.9 Å². The molecule has 6 nitrogen and oxygen atoms in total. The summed E-state index contributed by atoms with van der Waals surface area (Å²) in [6.45, 7) is 4.05. The van der Waals surface area contributed by atoms with Crippen molar-refractivity contribution in [2.75, 3.05) is 5.32 Å². The van der Waals surface area contributed by atoms with Crippen LogP contribution in [0.4, 0.5) is 5.69 Å². The van der Waals surface area contributed by atoms with Crippen LogP contribution in [-0.4, -0.2) is 25.7 Å². The predicted octanol–water partition coefficient (Wildman–Crippen LogP) is 3.17. The molecule has 1 aromatic carbocycles. The van der Waals surface area contributed by atoms with Gasteiger partial charge in [-0.05, 0) is 13.8 Å². The Morgan fingerprint density at radius 1 is 1.17 bits per heavy atom. The molecule has 1 amide bonds. The monoisotopic (exact) mass is 307 g/mol. The Morgan fingerprint density at radius 2 is 1.96 bits per heavy atom. The van der Waals surface area contributed by atoms with Gasteiger partial charge in [-0.1, -0.05) is 30.3 Å². The minimum absolute atomic E-state index is 0.237. The average molecular weight is 307 g/mol. The van der Waals surface area contributed by atoms with Crippen molar-refractivity contribution in [2.24, 2.45) is 0 Å². The highest BCUT2D eigenvalue weighted by molar-refractivity contribution is 6.07. The maximum atomic E-state index is 12.6. The molecule has 6 heteroatoms. The summed E-state index contributed by atoms with van der Waals surface area (Å²) in [6.07, 6.45) is 6.39. The first-order valence-electron chi connectivity index (χ1n) is 7.36. The number of amides is 1. The maximum absolute atomic E-state index is 12.6. The fraction of sp³-hybridized carbons (Fsp3) is 0.176. The van der Waals surface area contributed by atoms with Gasteiger partial charge in [0, 0.05) is 24.0 Å². The first-order valence-corrected chi connectivity index (χ1v) is 7.36. The highest BCUT2D eigenvalue weighted by Gasteiger charge is 2.15. The van der Waals surface area contributed by atoms with Gasteiger partial charge in [-0.15, -0.1) is 0 Å². The van der Waals surface area contributed by atoms with Crippen LogP contribution in [0.5, 0.6) is 0 Å². The number of aromatic nitrogens is 4. The molecular formula is C17H17N5O. The third-order valence-electron chi connectivity index (χ3n) is 3.39. The Balaban J connectivity index is 1.88. The molecule has 23 heavy (non-hydrogen) atoms. The number of anilines is 1. The summed E-state index contributed by atoms with van der Waals surface area (Å²) < 4.78 is 1.79. The van der Waals surface area contributed by atoms with Gasteiger partial charge in [0.15, 0.2) is 0 Å². The summed E-state index contributed by atoms with van der Waals surface area (Å²) in [6, 6.07) is 9.80. The van der Waals surface area contributed by atoms with Crippen molar-refractivity contribution in [3.8, 4) is 11.3 Å².